The molecule has 0 aliphatic carbocycles. The van der Waals surface area contributed by atoms with Gasteiger partial charge >= 0.3 is 6.09 Å². The Balaban J connectivity index is 1.91. The van der Waals surface area contributed by atoms with Gasteiger partial charge in [0.25, 0.3) is 5.91 Å². The Kier molecular flexibility index (Phi) is 7.89. The van der Waals surface area contributed by atoms with Crippen molar-refractivity contribution in [2.45, 2.75) is 39.3 Å². The number of phenols is 3. The highest BCUT2D eigenvalue weighted by molar-refractivity contribution is 6.05. The highest BCUT2D eigenvalue weighted by Gasteiger charge is 2.17. The number of hydrogen-bond donors (Lipinski definition) is 6. The Morgan fingerprint density at radius 1 is 0.969 bits per heavy atom. The van der Waals surface area contributed by atoms with Crippen LogP contribution in [0, 0.1) is 0 Å². The van der Waals surface area contributed by atoms with E-state index in [1.54, 1.807) is 45.0 Å². The topological polar surface area (TPSA) is 157 Å². The van der Waals surface area contributed by atoms with E-state index >= 15 is 0 Å². The third-order valence-corrected chi connectivity index (χ3v) is 4.09. The molecule has 0 saturated heterocycles. The Bertz CT molecular complexity index is 976. The molecule has 0 aromatic heterocycles. The summed E-state index contributed by atoms with van der Waals surface area (Å²) in [7, 11) is 0. The summed E-state index contributed by atoms with van der Waals surface area (Å²) in [6, 6.07) is 8.81. The van der Waals surface area contributed by atoms with Gasteiger partial charge in [0.05, 0.1) is 0 Å². The second kappa shape index (κ2) is 10.4. The summed E-state index contributed by atoms with van der Waals surface area (Å²) in [5.74, 6) is -2.91. The molecular formula is C22H27N3O7. The van der Waals surface area contributed by atoms with Crippen molar-refractivity contribution in [2.75, 3.05) is 11.9 Å². The molecule has 2 aromatic rings. The van der Waals surface area contributed by atoms with Crippen molar-refractivity contribution in [3.05, 3.63) is 47.5 Å². The molecule has 0 saturated carbocycles. The molecule has 0 spiro atoms. The molecular weight excluding hydrogens is 418 g/mol. The predicted molar refractivity (Wildman–Crippen MR) is 117 cm³/mol. The Labute approximate surface area is 185 Å². The first-order valence-corrected chi connectivity index (χ1v) is 9.84. The number of carbonyl (C=O) groups is 3. The average molecular weight is 445 g/mol. The fourth-order valence-corrected chi connectivity index (χ4v) is 2.60. The van der Waals surface area contributed by atoms with Gasteiger partial charge in [-0.2, -0.15) is 0 Å². The molecule has 10 nitrogen and oxygen atoms in total. The van der Waals surface area contributed by atoms with Crippen LogP contribution >= 0.6 is 0 Å². The summed E-state index contributed by atoms with van der Waals surface area (Å²) >= 11 is 0. The van der Waals surface area contributed by atoms with Crippen molar-refractivity contribution in [1.29, 1.82) is 0 Å². The number of rotatable bonds is 7. The lowest BCUT2D eigenvalue weighted by Crippen LogP contribution is -2.35. The van der Waals surface area contributed by atoms with Crippen molar-refractivity contribution in [2.24, 2.45) is 0 Å². The van der Waals surface area contributed by atoms with Gasteiger partial charge in [-0.25, -0.2) is 4.79 Å². The third-order valence-electron chi connectivity index (χ3n) is 4.09. The fraction of sp³-hybridized carbons (Fsp3) is 0.318. The van der Waals surface area contributed by atoms with Crippen LogP contribution in [-0.2, 0) is 16.1 Å². The SMILES string of the molecule is CC(C)(C)OC(=O)NCCC(=O)NCc1ccccc1NC(=O)c1cc(O)c(O)c(O)c1. The number of nitrogens with one attached hydrogen (secondary N) is 3. The normalized spacial score (nSPS) is 10.8. The lowest BCUT2D eigenvalue weighted by molar-refractivity contribution is -0.121. The first kappa shape index (κ1) is 24.3. The maximum atomic E-state index is 12.5. The van der Waals surface area contributed by atoms with Crippen LogP contribution < -0.4 is 16.0 Å². The first-order chi connectivity index (χ1) is 15.0. The Hall–Kier alpha value is -3.95. The van der Waals surface area contributed by atoms with E-state index in [1.165, 1.54) is 0 Å². The van der Waals surface area contributed by atoms with Crippen LogP contribution in [0.15, 0.2) is 36.4 Å². The summed E-state index contributed by atoms with van der Waals surface area (Å²) in [6.45, 7) is 5.44. The molecule has 0 radical (unpaired) electrons. The van der Waals surface area contributed by atoms with Crippen molar-refractivity contribution in [3.8, 4) is 17.2 Å². The zero-order chi connectivity index (χ0) is 23.9. The number of phenolic OH excluding ortho intramolecular Hbond substituents is 3. The van der Waals surface area contributed by atoms with E-state index in [9.17, 15) is 29.7 Å². The molecule has 32 heavy (non-hydrogen) atoms. The van der Waals surface area contributed by atoms with E-state index in [2.05, 4.69) is 16.0 Å². The summed E-state index contributed by atoms with van der Waals surface area (Å²) in [5.41, 5.74) is 0.334. The van der Waals surface area contributed by atoms with E-state index in [4.69, 9.17) is 4.74 Å². The van der Waals surface area contributed by atoms with Crippen molar-refractivity contribution < 1.29 is 34.4 Å². The highest BCUT2D eigenvalue weighted by atomic mass is 16.6. The number of benzene rings is 2. The maximum Gasteiger partial charge on any atom is 0.407 e. The van der Waals surface area contributed by atoms with Gasteiger partial charge < -0.3 is 36.0 Å². The number of anilines is 1. The average Bonchev–Trinajstić information content (AvgIpc) is 2.69. The molecule has 6 N–H and O–H groups in total. The summed E-state index contributed by atoms with van der Waals surface area (Å²) in [6.07, 6.45) is -0.565. The number of hydrogen-bond acceptors (Lipinski definition) is 7. The zero-order valence-electron chi connectivity index (χ0n) is 18.1. The van der Waals surface area contributed by atoms with E-state index in [-0.39, 0.29) is 31.0 Å². The molecule has 0 atom stereocenters. The number of alkyl carbamates (subject to hydrolysis) is 1. The second-order valence-electron chi connectivity index (χ2n) is 7.93. The van der Waals surface area contributed by atoms with Gasteiger partial charge in [0.1, 0.15) is 5.60 Å². The molecule has 0 aliphatic rings. The minimum Gasteiger partial charge on any atom is -0.504 e. The summed E-state index contributed by atoms with van der Waals surface area (Å²) < 4.78 is 5.09. The van der Waals surface area contributed by atoms with Crippen LogP contribution in [0.4, 0.5) is 10.5 Å². The molecule has 10 heteroatoms. The number of amides is 3. The van der Waals surface area contributed by atoms with Gasteiger partial charge in [-0.05, 0) is 44.5 Å². The molecule has 2 aromatic carbocycles. The van der Waals surface area contributed by atoms with Gasteiger partial charge in [0.15, 0.2) is 17.2 Å². The van der Waals surface area contributed by atoms with Crippen LogP contribution in [0.25, 0.3) is 0 Å². The maximum absolute atomic E-state index is 12.5. The van der Waals surface area contributed by atoms with E-state index in [1.807, 2.05) is 0 Å². The standard InChI is InChI=1S/C22H27N3O7/c1-22(2,3)32-21(31)23-9-8-18(28)24-12-13-6-4-5-7-15(13)25-20(30)14-10-16(26)19(29)17(27)11-14/h4-7,10-11,26-27,29H,8-9,12H2,1-3H3,(H,23,31)(H,24,28)(H,25,30). The first-order valence-electron chi connectivity index (χ1n) is 9.84. The number of para-hydroxylation sites is 1. The van der Waals surface area contributed by atoms with Crippen LogP contribution in [-0.4, -0.2) is 45.4 Å². The van der Waals surface area contributed by atoms with Crippen LogP contribution in [0.3, 0.4) is 0 Å². The quantitative estimate of drug-likeness (QED) is 0.358. The van der Waals surface area contributed by atoms with E-state index in [0.717, 1.165) is 12.1 Å². The van der Waals surface area contributed by atoms with Crippen molar-refractivity contribution in [1.82, 2.24) is 10.6 Å². The smallest absolute Gasteiger partial charge is 0.407 e. The summed E-state index contributed by atoms with van der Waals surface area (Å²) in [4.78, 5) is 36.1. The zero-order valence-corrected chi connectivity index (χ0v) is 18.1. The molecule has 0 aliphatic heterocycles. The largest absolute Gasteiger partial charge is 0.504 e. The second-order valence-corrected chi connectivity index (χ2v) is 7.93. The lowest BCUT2D eigenvalue weighted by atomic mass is 10.1. The van der Waals surface area contributed by atoms with E-state index < -0.39 is 34.9 Å². The number of ether oxygens (including phenoxy) is 1. The predicted octanol–water partition coefficient (Wildman–Crippen LogP) is 2.59. The molecule has 0 fully saturated rings. The molecule has 3 amide bonds. The fourth-order valence-electron chi connectivity index (χ4n) is 2.60. The number of carbonyl (C=O) groups excluding carboxylic acids is 3. The van der Waals surface area contributed by atoms with Gasteiger partial charge in [0, 0.05) is 30.8 Å². The monoisotopic (exact) mass is 445 g/mol. The van der Waals surface area contributed by atoms with Gasteiger partial charge in [0.2, 0.25) is 5.91 Å². The molecule has 0 bridgehead atoms. The van der Waals surface area contributed by atoms with Crippen LogP contribution in [0.2, 0.25) is 0 Å². The van der Waals surface area contributed by atoms with Gasteiger partial charge in [-0.15, -0.1) is 0 Å². The van der Waals surface area contributed by atoms with Crippen LogP contribution in [0.1, 0.15) is 43.1 Å². The minimum absolute atomic E-state index is 0.0415. The van der Waals surface area contributed by atoms with Crippen molar-refractivity contribution in [3.63, 3.8) is 0 Å². The molecule has 0 unspecified atom stereocenters. The molecule has 0 heterocycles. The minimum atomic E-state index is -0.717. The van der Waals surface area contributed by atoms with Crippen molar-refractivity contribution >= 4 is 23.6 Å². The summed E-state index contributed by atoms with van der Waals surface area (Å²) in [5, 5.41) is 36.4. The highest BCUT2D eigenvalue weighted by Crippen LogP contribution is 2.35. The molecule has 2 rings (SSSR count). The van der Waals surface area contributed by atoms with Gasteiger partial charge in [-0.1, -0.05) is 18.2 Å². The third kappa shape index (κ3) is 7.38. The van der Waals surface area contributed by atoms with Crippen LogP contribution in [0.5, 0.6) is 17.2 Å². The van der Waals surface area contributed by atoms with E-state index in [0.29, 0.717) is 11.3 Å². The Morgan fingerprint density at radius 2 is 1.59 bits per heavy atom. The lowest BCUT2D eigenvalue weighted by Gasteiger charge is -2.19. The number of aromatic hydroxyl groups is 3. The van der Waals surface area contributed by atoms with Gasteiger partial charge in [-0.3, -0.25) is 9.59 Å². The Morgan fingerprint density at radius 3 is 2.22 bits per heavy atom. The molecule has 172 valence electrons.